The molecule has 6 heteroatoms. The summed E-state index contributed by atoms with van der Waals surface area (Å²) in [6.45, 7) is 2.98. The highest BCUT2D eigenvalue weighted by Crippen LogP contribution is 2.17. The minimum absolute atomic E-state index is 0. The van der Waals surface area contributed by atoms with Crippen molar-refractivity contribution >= 4 is 34.2 Å². The van der Waals surface area contributed by atoms with Gasteiger partial charge >= 0.3 is 0 Å². The first-order chi connectivity index (χ1) is 10.2. The number of nitrogens with zero attached hydrogens (tertiary/aromatic N) is 1. The number of rotatable bonds is 6. The molecule has 2 rings (SSSR count). The van der Waals surface area contributed by atoms with Crippen LogP contribution in [0, 0.1) is 0 Å². The fourth-order valence-electron chi connectivity index (χ4n) is 2.54. The summed E-state index contributed by atoms with van der Waals surface area (Å²) >= 11 is 3.44. The summed E-state index contributed by atoms with van der Waals surface area (Å²) < 4.78 is 6.77. The highest BCUT2D eigenvalue weighted by atomic mass is 79.9. The molecule has 0 radical (unpaired) electrons. The van der Waals surface area contributed by atoms with E-state index in [-0.39, 0.29) is 24.4 Å². The fourth-order valence-corrected chi connectivity index (χ4v) is 2.99. The zero-order valence-electron chi connectivity index (χ0n) is 12.7. The summed E-state index contributed by atoms with van der Waals surface area (Å²) in [6, 6.07) is 7.92. The smallest absolute Gasteiger partial charge is 0.226 e. The van der Waals surface area contributed by atoms with Gasteiger partial charge in [0.2, 0.25) is 5.91 Å². The number of halogens is 2. The predicted molar refractivity (Wildman–Crippen MR) is 94.3 cm³/mol. The van der Waals surface area contributed by atoms with Crippen LogP contribution in [-0.4, -0.2) is 43.2 Å². The first kappa shape index (κ1) is 19.4. The molecule has 0 aromatic heterocycles. The van der Waals surface area contributed by atoms with Crippen molar-refractivity contribution < 1.29 is 9.53 Å². The second kappa shape index (κ2) is 10.2. The van der Waals surface area contributed by atoms with E-state index in [1.54, 1.807) is 0 Å². The van der Waals surface area contributed by atoms with Crippen LogP contribution in [0.2, 0.25) is 0 Å². The van der Waals surface area contributed by atoms with Crippen LogP contribution in [0.1, 0.15) is 24.8 Å². The Hall–Kier alpha value is -0.620. The molecule has 22 heavy (non-hydrogen) atoms. The van der Waals surface area contributed by atoms with Gasteiger partial charge in [-0.3, -0.25) is 4.79 Å². The van der Waals surface area contributed by atoms with Crippen molar-refractivity contribution in [2.75, 3.05) is 26.2 Å². The highest BCUT2D eigenvalue weighted by Gasteiger charge is 2.23. The van der Waals surface area contributed by atoms with Crippen molar-refractivity contribution in [3.8, 4) is 0 Å². The van der Waals surface area contributed by atoms with Gasteiger partial charge in [-0.2, -0.15) is 0 Å². The van der Waals surface area contributed by atoms with Gasteiger partial charge in [0.05, 0.1) is 12.5 Å². The zero-order valence-corrected chi connectivity index (χ0v) is 15.1. The third kappa shape index (κ3) is 6.24. The topological polar surface area (TPSA) is 55.6 Å². The second-order valence-electron chi connectivity index (χ2n) is 5.40. The zero-order chi connectivity index (χ0) is 15.1. The Labute approximate surface area is 146 Å². The van der Waals surface area contributed by atoms with Gasteiger partial charge in [-0.05, 0) is 43.5 Å². The fraction of sp³-hybridized carbons (Fsp3) is 0.562. The molecule has 0 aliphatic carbocycles. The van der Waals surface area contributed by atoms with Crippen LogP contribution in [0.4, 0.5) is 0 Å². The van der Waals surface area contributed by atoms with Crippen LogP contribution in [0.15, 0.2) is 28.7 Å². The summed E-state index contributed by atoms with van der Waals surface area (Å²) in [5, 5.41) is 0. The van der Waals surface area contributed by atoms with Crippen molar-refractivity contribution in [3.05, 3.63) is 34.3 Å². The van der Waals surface area contributed by atoms with E-state index in [1.165, 1.54) is 0 Å². The molecule has 1 aliphatic heterocycles. The lowest BCUT2D eigenvalue weighted by molar-refractivity contribution is -0.133. The van der Waals surface area contributed by atoms with Gasteiger partial charge < -0.3 is 15.4 Å². The molecule has 1 aromatic carbocycles. The summed E-state index contributed by atoms with van der Waals surface area (Å²) in [5.74, 6) is 0.202. The minimum Gasteiger partial charge on any atom is -0.378 e. The maximum absolute atomic E-state index is 12.3. The number of likely N-dealkylation sites (tertiary alicyclic amines) is 1. The molecule has 1 aliphatic rings. The van der Waals surface area contributed by atoms with Crippen molar-refractivity contribution in [3.63, 3.8) is 0 Å². The first-order valence-electron chi connectivity index (χ1n) is 7.53. The molecule has 1 saturated heterocycles. The van der Waals surface area contributed by atoms with Gasteiger partial charge in [0.15, 0.2) is 0 Å². The van der Waals surface area contributed by atoms with E-state index in [4.69, 9.17) is 10.5 Å². The lowest BCUT2D eigenvalue weighted by atomic mass is 10.1. The summed E-state index contributed by atoms with van der Waals surface area (Å²) in [7, 11) is 0. The quantitative estimate of drug-likeness (QED) is 0.759. The van der Waals surface area contributed by atoms with E-state index in [2.05, 4.69) is 15.9 Å². The Kier molecular flexibility index (Phi) is 9.02. The van der Waals surface area contributed by atoms with Gasteiger partial charge in [-0.25, -0.2) is 0 Å². The van der Waals surface area contributed by atoms with Crippen LogP contribution in [-0.2, 0) is 16.0 Å². The van der Waals surface area contributed by atoms with E-state index < -0.39 is 0 Å². The molecule has 1 amide bonds. The summed E-state index contributed by atoms with van der Waals surface area (Å²) in [6.07, 6.45) is 3.51. The van der Waals surface area contributed by atoms with Gasteiger partial charge in [-0.1, -0.05) is 28.1 Å². The molecule has 0 saturated carbocycles. The molecular formula is C16H24BrClN2O2. The van der Waals surface area contributed by atoms with E-state index in [0.29, 0.717) is 13.0 Å². The van der Waals surface area contributed by atoms with Crippen LogP contribution in [0.5, 0.6) is 0 Å². The molecule has 1 aromatic rings. The molecule has 0 spiro atoms. The molecule has 124 valence electrons. The molecule has 1 fully saturated rings. The predicted octanol–water partition coefficient (Wildman–Crippen LogP) is 2.77. The average molecular weight is 392 g/mol. The first-order valence-corrected chi connectivity index (χ1v) is 8.32. The average Bonchev–Trinajstić information content (AvgIpc) is 2.48. The Morgan fingerprint density at radius 3 is 2.73 bits per heavy atom. The van der Waals surface area contributed by atoms with Gasteiger partial charge in [-0.15, -0.1) is 12.4 Å². The standard InChI is InChI=1S/C16H23BrN2O2.ClH/c17-14-4-1-3-13(11-14)12-16(20)19-8-5-15(6-9-19)21-10-2-7-18;/h1,3-4,11,15H,2,5-10,12,18H2;1H. The molecule has 0 bridgehead atoms. The van der Waals surface area contributed by atoms with Crippen molar-refractivity contribution in [1.82, 2.24) is 4.90 Å². The minimum atomic E-state index is 0. The maximum atomic E-state index is 12.3. The molecule has 0 atom stereocenters. The van der Waals surface area contributed by atoms with Crippen LogP contribution < -0.4 is 5.73 Å². The number of hydrogen-bond donors (Lipinski definition) is 1. The van der Waals surface area contributed by atoms with E-state index >= 15 is 0 Å². The summed E-state index contributed by atoms with van der Waals surface area (Å²) in [4.78, 5) is 14.2. The molecule has 1 heterocycles. The molecular weight excluding hydrogens is 368 g/mol. The molecule has 2 N–H and O–H groups in total. The number of benzene rings is 1. The van der Waals surface area contributed by atoms with Crippen LogP contribution in [0.3, 0.4) is 0 Å². The second-order valence-corrected chi connectivity index (χ2v) is 6.32. The normalized spacial score (nSPS) is 15.5. The van der Waals surface area contributed by atoms with Crippen molar-refractivity contribution in [2.45, 2.75) is 31.8 Å². The Bertz CT molecular complexity index is 465. The highest BCUT2D eigenvalue weighted by molar-refractivity contribution is 9.10. The van der Waals surface area contributed by atoms with Crippen LogP contribution in [0.25, 0.3) is 0 Å². The number of nitrogens with two attached hydrogens (primary N) is 1. The maximum Gasteiger partial charge on any atom is 0.226 e. The third-order valence-electron chi connectivity index (χ3n) is 3.74. The molecule has 0 unspecified atom stereocenters. The van der Waals surface area contributed by atoms with E-state index in [0.717, 1.165) is 49.0 Å². The molecule has 4 nitrogen and oxygen atoms in total. The Balaban J connectivity index is 0.00000242. The summed E-state index contributed by atoms with van der Waals surface area (Å²) in [5.41, 5.74) is 6.51. The lowest BCUT2D eigenvalue weighted by Gasteiger charge is -2.32. The number of piperidine rings is 1. The van der Waals surface area contributed by atoms with Gasteiger partial charge in [0.25, 0.3) is 0 Å². The largest absolute Gasteiger partial charge is 0.378 e. The number of carbonyl (C=O) groups is 1. The number of carbonyl (C=O) groups excluding carboxylic acids is 1. The monoisotopic (exact) mass is 390 g/mol. The van der Waals surface area contributed by atoms with Crippen molar-refractivity contribution in [1.29, 1.82) is 0 Å². The van der Waals surface area contributed by atoms with E-state index in [9.17, 15) is 4.79 Å². The lowest BCUT2D eigenvalue weighted by Crippen LogP contribution is -2.41. The van der Waals surface area contributed by atoms with E-state index in [1.807, 2.05) is 29.2 Å². The SMILES string of the molecule is Cl.NCCCOC1CCN(C(=O)Cc2cccc(Br)c2)CC1. The number of hydrogen-bond acceptors (Lipinski definition) is 3. The van der Waals surface area contributed by atoms with Crippen molar-refractivity contribution in [2.24, 2.45) is 5.73 Å². The van der Waals surface area contributed by atoms with Crippen LogP contribution >= 0.6 is 28.3 Å². The third-order valence-corrected chi connectivity index (χ3v) is 4.23. The van der Waals surface area contributed by atoms with Gasteiger partial charge in [0.1, 0.15) is 0 Å². The number of amides is 1. The Morgan fingerprint density at radius 1 is 1.36 bits per heavy atom. The van der Waals surface area contributed by atoms with Gasteiger partial charge in [0, 0.05) is 24.2 Å². The number of ether oxygens (including phenoxy) is 1. The Morgan fingerprint density at radius 2 is 2.09 bits per heavy atom.